The number of esters is 2. The maximum atomic E-state index is 12.7. The van der Waals surface area contributed by atoms with Gasteiger partial charge in [0.15, 0.2) is 17.6 Å². The topological polar surface area (TPSA) is 170 Å². The summed E-state index contributed by atoms with van der Waals surface area (Å²) in [6.45, 7) is 0.664. The van der Waals surface area contributed by atoms with E-state index in [1.54, 1.807) is 6.07 Å². The van der Waals surface area contributed by atoms with Gasteiger partial charge in [-0.3, -0.25) is 9.59 Å². The minimum absolute atomic E-state index is 0.0656. The van der Waals surface area contributed by atoms with Crippen molar-refractivity contribution in [3.63, 3.8) is 0 Å². The molecule has 14 nitrogen and oxygen atoms in total. The van der Waals surface area contributed by atoms with Crippen LogP contribution in [0.25, 0.3) is 0 Å². The van der Waals surface area contributed by atoms with Gasteiger partial charge in [-0.2, -0.15) is 0 Å². The van der Waals surface area contributed by atoms with Crippen molar-refractivity contribution in [3.05, 3.63) is 55.6 Å². The molecule has 1 unspecified atom stereocenters. The molecule has 2 aliphatic carbocycles. The van der Waals surface area contributed by atoms with Gasteiger partial charge >= 0.3 is 11.9 Å². The maximum absolute atomic E-state index is 12.7. The molecule has 14 heteroatoms. The molecule has 0 saturated carbocycles. The fourth-order valence-corrected chi connectivity index (χ4v) is 6.80. The summed E-state index contributed by atoms with van der Waals surface area (Å²) in [5.74, 6) is 0.0393. The van der Waals surface area contributed by atoms with Gasteiger partial charge < -0.3 is 28.8 Å². The lowest BCUT2D eigenvalue weighted by Crippen LogP contribution is -2.65. The van der Waals surface area contributed by atoms with E-state index in [1.165, 1.54) is 0 Å². The molecule has 0 aromatic heterocycles. The summed E-state index contributed by atoms with van der Waals surface area (Å²) in [6.07, 6.45) is 6.07. The predicted octanol–water partition coefficient (Wildman–Crippen LogP) is 2.71. The van der Waals surface area contributed by atoms with Crippen molar-refractivity contribution >= 4 is 11.9 Å². The molecule has 1 saturated heterocycles. The molecule has 222 valence electrons. The number of piperidine rings is 1. The minimum Gasteiger partial charge on any atom is -0.481 e. The van der Waals surface area contributed by atoms with Crippen LogP contribution in [-0.4, -0.2) is 72.1 Å². The van der Waals surface area contributed by atoms with Gasteiger partial charge in [-0.25, -0.2) is 0 Å². The molecule has 1 spiro atoms. The lowest BCUT2D eigenvalue weighted by atomic mass is 9.53. The fourth-order valence-electron chi connectivity index (χ4n) is 6.80. The molecule has 2 aliphatic heterocycles. The van der Waals surface area contributed by atoms with Crippen molar-refractivity contribution in [1.29, 1.82) is 0 Å². The highest BCUT2D eigenvalue weighted by molar-refractivity contribution is 5.75. The number of nitrogens with zero attached hydrogens (tertiary/aromatic N) is 3. The van der Waals surface area contributed by atoms with Gasteiger partial charge in [-0.15, -0.1) is 20.2 Å². The molecule has 1 fully saturated rings. The molecule has 5 rings (SSSR count). The van der Waals surface area contributed by atoms with Crippen LogP contribution in [0.5, 0.6) is 11.5 Å². The van der Waals surface area contributed by atoms with E-state index in [0.717, 1.165) is 30.5 Å². The quantitative estimate of drug-likeness (QED) is 0.0795. The third-order valence-electron chi connectivity index (χ3n) is 8.55. The molecular weight excluding hydrogens is 542 g/mol. The van der Waals surface area contributed by atoms with Crippen molar-refractivity contribution in [2.24, 2.45) is 5.92 Å². The zero-order valence-corrected chi connectivity index (χ0v) is 22.7. The predicted molar refractivity (Wildman–Crippen MR) is 139 cm³/mol. The maximum Gasteiger partial charge on any atom is 0.311 e. The molecular formula is C27H33N3O11. The number of carbonyl (C=O) groups excluding carboxylic acids is 2. The Kier molecular flexibility index (Phi) is 8.29. The summed E-state index contributed by atoms with van der Waals surface area (Å²) in [5.41, 5.74) is 1.70. The van der Waals surface area contributed by atoms with Crippen LogP contribution in [-0.2, 0) is 35.8 Å². The Hall–Kier alpha value is -3.94. The number of hydrogen-bond acceptors (Lipinski definition) is 12. The normalized spacial score (nSPS) is 26.9. The fraction of sp³-hybridized carbons (Fsp3) is 0.630. The van der Waals surface area contributed by atoms with Crippen LogP contribution in [0, 0.1) is 26.1 Å². The van der Waals surface area contributed by atoms with Crippen molar-refractivity contribution in [2.75, 3.05) is 26.8 Å². The molecule has 4 aliphatic rings. The first-order valence-corrected chi connectivity index (χ1v) is 13.9. The lowest BCUT2D eigenvalue weighted by molar-refractivity contribution is -0.757. The van der Waals surface area contributed by atoms with Gasteiger partial charge in [0.1, 0.15) is 6.10 Å². The van der Waals surface area contributed by atoms with Gasteiger partial charge in [0, 0.05) is 35.8 Å². The summed E-state index contributed by atoms with van der Waals surface area (Å²) in [5, 5.41) is 18.9. The largest absolute Gasteiger partial charge is 0.481 e. The van der Waals surface area contributed by atoms with Gasteiger partial charge in [-0.1, -0.05) is 12.1 Å². The standard InChI is InChI=1S/C27H33N3O11/c1-28-13-12-27-18-9-11-21(40-23(32)7-3-5-15-38-30(35)36)26(27)41-25-20(10-8-17(24(25)27)16-19(18)28)39-22(31)6-2-4-14-37-29(33)34/h8-11,18-19,21,26H,2-7,12-16H2,1H3/t18?,19-,21+,26+,27+/m1/s1. The summed E-state index contributed by atoms with van der Waals surface area (Å²) >= 11 is 0. The second-order valence-corrected chi connectivity index (χ2v) is 10.9. The van der Waals surface area contributed by atoms with Crippen LogP contribution in [0.4, 0.5) is 0 Å². The van der Waals surface area contributed by atoms with E-state index in [9.17, 15) is 29.8 Å². The third kappa shape index (κ3) is 5.65. The second kappa shape index (κ2) is 11.9. The lowest BCUT2D eigenvalue weighted by Gasteiger charge is -2.56. The highest BCUT2D eigenvalue weighted by Gasteiger charge is 2.65. The first kappa shape index (κ1) is 28.6. The van der Waals surface area contributed by atoms with Gasteiger partial charge in [-0.05, 0) is 69.8 Å². The van der Waals surface area contributed by atoms with Crippen molar-refractivity contribution in [3.8, 4) is 11.5 Å². The number of rotatable bonds is 14. The van der Waals surface area contributed by atoms with E-state index in [4.69, 9.17) is 14.2 Å². The number of likely N-dealkylation sites (tertiary alicyclic amines) is 1. The number of hydrogen-bond donors (Lipinski definition) is 0. The minimum atomic E-state index is -0.863. The highest BCUT2D eigenvalue weighted by Crippen LogP contribution is 2.62. The molecule has 2 bridgehead atoms. The van der Waals surface area contributed by atoms with Gasteiger partial charge in [0.2, 0.25) is 0 Å². The first-order valence-electron chi connectivity index (χ1n) is 13.9. The average molecular weight is 576 g/mol. The van der Waals surface area contributed by atoms with E-state index in [1.807, 2.05) is 12.1 Å². The number of benzene rings is 1. The number of ether oxygens (including phenoxy) is 3. The Morgan fingerprint density at radius 3 is 2.39 bits per heavy atom. The summed E-state index contributed by atoms with van der Waals surface area (Å²) in [4.78, 5) is 56.9. The molecule has 0 amide bonds. The zero-order chi connectivity index (χ0) is 29.1. The van der Waals surface area contributed by atoms with Crippen molar-refractivity contribution in [2.45, 2.75) is 75.0 Å². The Labute approximate surface area is 235 Å². The molecule has 1 aromatic rings. The first-order chi connectivity index (χ1) is 19.7. The van der Waals surface area contributed by atoms with E-state index < -0.39 is 39.7 Å². The zero-order valence-electron chi connectivity index (χ0n) is 22.7. The van der Waals surface area contributed by atoms with Crippen LogP contribution in [0.3, 0.4) is 0 Å². The Morgan fingerprint density at radius 2 is 1.71 bits per heavy atom. The second-order valence-electron chi connectivity index (χ2n) is 10.9. The monoisotopic (exact) mass is 575 g/mol. The number of carbonyl (C=O) groups is 2. The van der Waals surface area contributed by atoms with Gasteiger partial charge in [0.25, 0.3) is 10.2 Å². The summed E-state index contributed by atoms with van der Waals surface area (Å²) < 4.78 is 18.2. The van der Waals surface area contributed by atoms with Crippen molar-refractivity contribution < 1.29 is 43.6 Å². The Balaban J connectivity index is 1.32. The van der Waals surface area contributed by atoms with E-state index >= 15 is 0 Å². The highest BCUT2D eigenvalue weighted by atomic mass is 17.0. The van der Waals surface area contributed by atoms with E-state index in [2.05, 4.69) is 27.7 Å². The third-order valence-corrected chi connectivity index (χ3v) is 8.55. The molecule has 1 aromatic carbocycles. The van der Waals surface area contributed by atoms with Crippen LogP contribution in [0.15, 0.2) is 24.3 Å². The Morgan fingerprint density at radius 1 is 1.02 bits per heavy atom. The van der Waals surface area contributed by atoms with Gasteiger partial charge in [0.05, 0.1) is 13.2 Å². The van der Waals surface area contributed by atoms with E-state index in [-0.39, 0.29) is 38.0 Å². The number of unbranched alkanes of at least 4 members (excludes halogenated alkanes) is 2. The smallest absolute Gasteiger partial charge is 0.311 e. The Bertz CT molecular complexity index is 1240. The SMILES string of the molecule is CN1CC[C@]23c4c5ccc(OC(=O)CCCCO[N+](=O)[O-])c4O[C@H]2[C@@H](OC(=O)CCCCO[N+](=O)[O-])C=CC3[C@H]1C5. The van der Waals surface area contributed by atoms with Crippen LogP contribution < -0.4 is 9.47 Å². The van der Waals surface area contributed by atoms with Crippen molar-refractivity contribution in [1.82, 2.24) is 4.90 Å². The molecule has 0 N–H and O–H groups in total. The summed E-state index contributed by atoms with van der Waals surface area (Å²) in [7, 11) is 2.11. The molecule has 41 heavy (non-hydrogen) atoms. The van der Waals surface area contributed by atoms with Crippen LogP contribution >= 0.6 is 0 Å². The molecule has 2 heterocycles. The molecule has 5 atom stereocenters. The van der Waals surface area contributed by atoms with E-state index in [0.29, 0.717) is 37.2 Å². The summed E-state index contributed by atoms with van der Waals surface area (Å²) in [6, 6.07) is 3.97. The van der Waals surface area contributed by atoms with Crippen LogP contribution in [0.1, 0.15) is 56.1 Å². The number of likely N-dealkylation sites (N-methyl/N-ethyl adjacent to an activating group) is 1. The van der Waals surface area contributed by atoms with Crippen LogP contribution in [0.2, 0.25) is 0 Å². The molecule has 0 radical (unpaired) electrons. The average Bonchev–Trinajstić information content (AvgIpc) is 3.27.